The molecule has 2 N–H and O–H groups in total. The number of carboxylic acid groups (broad SMARTS) is 1. The fraction of sp³-hybridized carbons (Fsp3) is 0.429. The zero-order valence-corrected chi connectivity index (χ0v) is 20.1. The van der Waals surface area contributed by atoms with E-state index in [1.807, 2.05) is 30.3 Å². The van der Waals surface area contributed by atoms with Crippen LogP contribution in [0.1, 0.15) is 26.3 Å². The molecule has 0 spiro atoms. The summed E-state index contributed by atoms with van der Waals surface area (Å²) in [7, 11) is 0. The van der Waals surface area contributed by atoms with Gasteiger partial charge in [0.25, 0.3) is 0 Å². The van der Waals surface area contributed by atoms with Crippen LogP contribution >= 0.6 is 0 Å². The van der Waals surface area contributed by atoms with Gasteiger partial charge in [0.15, 0.2) is 6.23 Å². The Hall–Kier alpha value is -2.36. The molecule has 0 radical (unpaired) electrons. The average Bonchev–Trinajstić information content (AvgIpc) is 3.04. The number of carbonyl (C=O) groups is 4. The van der Waals surface area contributed by atoms with Gasteiger partial charge in [-0.3, -0.25) is 19.3 Å². The molecule has 0 unspecified atom stereocenters. The van der Waals surface area contributed by atoms with Gasteiger partial charge in [-0.15, -0.1) is 0 Å². The smallest absolute Gasteiger partial charge is 0.543 e. The molecule has 10 heteroatoms. The minimum Gasteiger partial charge on any atom is -0.543 e. The maximum Gasteiger partial charge on any atom is 1.00 e. The van der Waals surface area contributed by atoms with Crippen molar-refractivity contribution in [2.75, 3.05) is 13.1 Å². The molecule has 1 aromatic rings. The van der Waals surface area contributed by atoms with E-state index in [4.69, 9.17) is 4.74 Å². The van der Waals surface area contributed by atoms with Crippen molar-refractivity contribution in [3.05, 3.63) is 47.4 Å². The number of β-lactam (4-membered cyclic amide) rings is 1. The van der Waals surface area contributed by atoms with E-state index in [0.29, 0.717) is 0 Å². The molecule has 9 nitrogen and oxygen atoms in total. The predicted molar refractivity (Wildman–Crippen MR) is 103 cm³/mol. The van der Waals surface area contributed by atoms with Crippen LogP contribution in [0.3, 0.4) is 0 Å². The fourth-order valence-electron chi connectivity index (χ4n) is 3.40. The minimum atomic E-state index is -1.47. The van der Waals surface area contributed by atoms with E-state index in [1.165, 1.54) is 0 Å². The standard InChI is InChI=1S/C21H25N3O6.Na/c1-21(2,3)17-16(20(28)29)24-18(27)13(19(24)30-17)10-22-15(26)11-23-14(25)9-12-7-5-4-6-8-12;/h4-8,13,19H,9-11H2,1-3H3,(H,22,26)(H,23,25)(H,28,29);/q;+1/p-1/t13-,19+;/m0./s1. The van der Waals surface area contributed by atoms with Gasteiger partial charge in [0.2, 0.25) is 17.7 Å². The van der Waals surface area contributed by atoms with Crippen LogP contribution in [0.4, 0.5) is 0 Å². The molecule has 160 valence electrons. The second kappa shape index (κ2) is 9.84. The van der Waals surface area contributed by atoms with Gasteiger partial charge in [-0.25, -0.2) is 0 Å². The van der Waals surface area contributed by atoms with Crippen LogP contribution < -0.4 is 45.3 Å². The van der Waals surface area contributed by atoms with Crippen molar-refractivity contribution in [3.63, 3.8) is 0 Å². The van der Waals surface area contributed by atoms with E-state index in [-0.39, 0.29) is 66.4 Å². The van der Waals surface area contributed by atoms with Crippen molar-refractivity contribution in [1.82, 2.24) is 15.5 Å². The van der Waals surface area contributed by atoms with E-state index in [2.05, 4.69) is 10.6 Å². The summed E-state index contributed by atoms with van der Waals surface area (Å²) in [5, 5.41) is 16.6. The third-order valence-electron chi connectivity index (χ3n) is 4.90. The number of rotatable bonds is 7. The Kier molecular flexibility index (Phi) is 7.91. The maximum absolute atomic E-state index is 12.4. The summed E-state index contributed by atoms with van der Waals surface area (Å²) in [5.41, 5.74) is -0.0443. The van der Waals surface area contributed by atoms with Crippen molar-refractivity contribution in [1.29, 1.82) is 0 Å². The van der Waals surface area contributed by atoms with Crippen molar-refractivity contribution >= 4 is 23.7 Å². The monoisotopic (exact) mass is 437 g/mol. The molecular formula is C21H24N3NaO6. The molecule has 31 heavy (non-hydrogen) atoms. The Labute approximate surface area is 202 Å². The van der Waals surface area contributed by atoms with Gasteiger partial charge in [0.1, 0.15) is 17.4 Å². The Morgan fingerprint density at radius 2 is 1.74 bits per heavy atom. The SMILES string of the molecule is CC(C)(C)C1=C(C(=O)[O-])N2C(=O)[C@H](CNC(=O)CNC(=O)Cc3ccccc3)[C@H]2O1.[Na+]. The van der Waals surface area contributed by atoms with Gasteiger partial charge in [0, 0.05) is 12.0 Å². The first-order chi connectivity index (χ1) is 14.1. The number of amides is 3. The number of carboxylic acids is 1. The third kappa shape index (κ3) is 5.47. The van der Waals surface area contributed by atoms with Crippen LogP contribution in [0.15, 0.2) is 41.8 Å². The van der Waals surface area contributed by atoms with Crippen molar-refractivity contribution in [2.24, 2.45) is 11.3 Å². The molecule has 2 aliphatic rings. The van der Waals surface area contributed by atoms with Gasteiger partial charge < -0.3 is 25.3 Å². The maximum atomic E-state index is 12.4. The first-order valence-electron chi connectivity index (χ1n) is 9.62. The van der Waals surface area contributed by atoms with Crippen LogP contribution in [0.25, 0.3) is 0 Å². The number of benzene rings is 1. The summed E-state index contributed by atoms with van der Waals surface area (Å²) < 4.78 is 5.72. The van der Waals surface area contributed by atoms with Gasteiger partial charge in [0.05, 0.1) is 18.9 Å². The number of allylic oxidation sites excluding steroid dienone is 1. The number of hydrogen-bond donors (Lipinski definition) is 2. The normalized spacial score (nSPS) is 19.6. The number of aliphatic carboxylic acids is 1. The number of nitrogens with zero attached hydrogens (tertiary/aromatic N) is 1. The van der Waals surface area contributed by atoms with Crippen molar-refractivity contribution < 1.29 is 58.6 Å². The van der Waals surface area contributed by atoms with Crippen LogP contribution in [0, 0.1) is 11.3 Å². The van der Waals surface area contributed by atoms with Gasteiger partial charge >= 0.3 is 29.6 Å². The Bertz CT molecular complexity index is 909. The molecular weight excluding hydrogens is 413 g/mol. The quantitative estimate of drug-likeness (QED) is 0.334. The topological polar surface area (TPSA) is 128 Å². The van der Waals surface area contributed by atoms with Crippen molar-refractivity contribution in [3.8, 4) is 0 Å². The molecule has 2 atom stereocenters. The number of fused-ring (bicyclic) bond motifs is 1. The molecule has 2 heterocycles. The van der Waals surface area contributed by atoms with Crippen LogP contribution in [0.2, 0.25) is 0 Å². The summed E-state index contributed by atoms with van der Waals surface area (Å²) >= 11 is 0. The number of hydrogen-bond acceptors (Lipinski definition) is 6. The number of carbonyl (C=O) groups excluding carboxylic acids is 4. The summed E-state index contributed by atoms with van der Waals surface area (Å²) in [6, 6.07) is 9.13. The number of nitrogens with one attached hydrogen (secondary N) is 2. The number of ether oxygens (including phenoxy) is 1. The van der Waals surface area contributed by atoms with Gasteiger partial charge in [-0.2, -0.15) is 0 Å². The molecule has 0 aliphatic carbocycles. The largest absolute Gasteiger partial charge is 1.00 e. The van der Waals surface area contributed by atoms with Crippen molar-refractivity contribution in [2.45, 2.75) is 33.4 Å². The molecule has 3 amide bonds. The molecule has 0 aromatic heterocycles. The Morgan fingerprint density at radius 3 is 2.32 bits per heavy atom. The Morgan fingerprint density at radius 1 is 1.10 bits per heavy atom. The first kappa shape index (κ1) is 24.9. The van der Waals surface area contributed by atoms with E-state index in [0.717, 1.165) is 10.5 Å². The average molecular weight is 437 g/mol. The van der Waals surface area contributed by atoms with Gasteiger partial charge in [-0.05, 0) is 5.56 Å². The predicted octanol–water partition coefficient (Wildman–Crippen LogP) is -3.71. The molecule has 3 rings (SSSR count). The van der Waals surface area contributed by atoms with E-state index < -0.39 is 35.3 Å². The summed E-state index contributed by atoms with van der Waals surface area (Å²) in [4.78, 5) is 48.9. The molecule has 1 saturated heterocycles. The van der Waals surface area contributed by atoms with Crippen LogP contribution in [-0.4, -0.2) is 47.9 Å². The zero-order valence-electron chi connectivity index (χ0n) is 18.1. The summed E-state index contributed by atoms with van der Waals surface area (Å²) in [5.74, 6) is -3.19. The molecule has 2 aliphatic heterocycles. The summed E-state index contributed by atoms with van der Waals surface area (Å²) in [6.45, 7) is 5.08. The molecule has 0 saturated carbocycles. The second-order valence-electron chi connectivity index (χ2n) is 8.28. The molecule has 1 aromatic carbocycles. The Balaban J connectivity index is 0.00000341. The summed E-state index contributed by atoms with van der Waals surface area (Å²) in [6.07, 6.45) is -0.625. The fourth-order valence-corrected chi connectivity index (χ4v) is 3.40. The molecule has 1 fully saturated rings. The van der Waals surface area contributed by atoms with Gasteiger partial charge in [-0.1, -0.05) is 51.1 Å². The second-order valence-corrected chi connectivity index (χ2v) is 8.28. The van der Waals surface area contributed by atoms with Crippen LogP contribution in [0.5, 0.6) is 0 Å². The van der Waals surface area contributed by atoms with E-state index in [1.54, 1.807) is 20.8 Å². The third-order valence-corrected chi connectivity index (χ3v) is 4.90. The molecule has 0 bridgehead atoms. The minimum absolute atomic E-state index is 0. The van der Waals surface area contributed by atoms with Crippen LogP contribution in [-0.2, 0) is 30.3 Å². The van der Waals surface area contributed by atoms with E-state index >= 15 is 0 Å². The van der Waals surface area contributed by atoms with E-state index in [9.17, 15) is 24.3 Å². The first-order valence-corrected chi connectivity index (χ1v) is 9.62. The zero-order chi connectivity index (χ0) is 22.1.